The van der Waals surface area contributed by atoms with Crippen LogP contribution < -0.4 is 10.1 Å². The van der Waals surface area contributed by atoms with Gasteiger partial charge >= 0.3 is 12.3 Å². The molecule has 0 spiro atoms. The monoisotopic (exact) mass is 261 g/mol. The molecule has 0 saturated carbocycles. The van der Waals surface area contributed by atoms with Crippen LogP contribution in [0.1, 0.15) is 0 Å². The number of alkyl halides is 3. The lowest BCUT2D eigenvalue weighted by atomic mass is 10.3. The molecule has 1 aromatic rings. The van der Waals surface area contributed by atoms with Gasteiger partial charge < -0.3 is 14.8 Å². The molecule has 0 aliphatic carbocycles. The first kappa shape index (κ1) is 13.9. The number of rotatable bonds is 4. The molecule has 0 atom stereocenters. The molecule has 1 N–H and O–H groups in total. The van der Waals surface area contributed by atoms with Gasteiger partial charge in [0.1, 0.15) is 5.75 Å². The van der Waals surface area contributed by atoms with Crippen LogP contribution in [0.25, 0.3) is 0 Å². The van der Waals surface area contributed by atoms with Crippen LogP contribution in [-0.4, -0.2) is 19.4 Å². The summed E-state index contributed by atoms with van der Waals surface area (Å²) in [6, 6.07) is 5.06. The van der Waals surface area contributed by atoms with E-state index in [1.54, 1.807) is 0 Å². The van der Waals surface area contributed by atoms with Crippen LogP contribution in [0.2, 0.25) is 0 Å². The summed E-state index contributed by atoms with van der Waals surface area (Å²) in [5, 5.41) is 2.68. The van der Waals surface area contributed by atoms with E-state index in [2.05, 4.69) is 14.8 Å². The minimum atomic E-state index is -4.71. The van der Waals surface area contributed by atoms with E-state index in [-0.39, 0.29) is 5.75 Å². The average molecular weight is 261 g/mol. The van der Waals surface area contributed by atoms with E-state index in [9.17, 15) is 18.0 Å². The molecule has 0 aliphatic rings. The summed E-state index contributed by atoms with van der Waals surface area (Å²) in [5.74, 6) is -0.857. The van der Waals surface area contributed by atoms with Gasteiger partial charge in [0, 0.05) is 18.0 Å². The zero-order chi connectivity index (χ0) is 13.6. The second-order valence-electron chi connectivity index (χ2n) is 3.07. The number of carbonyl (C=O) groups is 1. The molecule has 98 valence electrons. The van der Waals surface area contributed by atoms with Crippen molar-refractivity contribution in [1.82, 2.24) is 0 Å². The molecule has 0 saturated heterocycles. The molecule has 1 aromatic carbocycles. The molecule has 7 heteroatoms. The van der Waals surface area contributed by atoms with Gasteiger partial charge in [0.25, 0.3) is 0 Å². The van der Waals surface area contributed by atoms with Gasteiger partial charge in [0.2, 0.25) is 0 Å². The molecule has 0 heterocycles. The fourth-order valence-corrected chi connectivity index (χ4v) is 1.03. The highest BCUT2D eigenvalue weighted by atomic mass is 19.4. The van der Waals surface area contributed by atoms with Gasteiger partial charge in [-0.15, -0.1) is 13.2 Å². The van der Waals surface area contributed by atoms with Gasteiger partial charge in [-0.05, 0) is 24.3 Å². The highest BCUT2D eigenvalue weighted by Gasteiger charge is 2.30. The Hall–Kier alpha value is -2.18. The smallest absolute Gasteiger partial charge is 0.466 e. The van der Waals surface area contributed by atoms with Crippen molar-refractivity contribution in [2.75, 3.05) is 12.4 Å². The maximum absolute atomic E-state index is 11.9. The van der Waals surface area contributed by atoms with Crippen LogP contribution in [-0.2, 0) is 9.53 Å². The van der Waals surface area contributed by atoms with Gasteiger partial charge in [0.05, 0.1) is 7.11 Å². The van der Waals surface area contributed by atoms with Crippen LogP contribution in [0, 0.1) is 0 Å². The zero-order valence-electron chi connectivity index (χ0n) is 9.32. The highest BCUT2D eigenvalue weighted by Crippen LogP contribution is 2.23. The Morgan fingerprint density at radius 2 is 1.89 bits per heavy atom. The first-order chi connectivity index (χ1) is 8.40. The van der Waals surface area contributed by atoms with Crippen molar-refractivity contribution >= 4 is 11.7 Å². The number of esters is 1. The Balaban J connectivity index is 2.55. The number of halogens is 3. The predicted molar refractivity (Wildman–Crippen MR) is 57.9 cm³/mol. The Kier molecular flexibility index (Phi) is 4.59. The van der Waals surface area contributed by atoms with E-state index in [1.807, 2.05) is 0 Å². The van der Waals surface area contributed by atoms with E-state index >= 15 is 0 Å². The van der Waals surface area contributed by atoms with Crippen LogP contribution in [0.15, 0.2) is 36.5 Å². The molecule has 18 heavy (non-hydrogen) atoms. The van der Waals surface area contributed by atoms with Crippen molar-refractivity contribution in [2.45, 2.75) is 6.36 Å². The molecule has 0 bridgehead atoms. The summed E-state index contributed by atoms with van der Waals surface area (Å²) < 4.78 is 43.7. The number of benzene rings is 1. The lowest BCUT2D eigenvalue weighted by molar-refractivity contribution is -0.274. The molecule has 4 nitrogen and oxygen atoms in total. The summed E-state index contributed by atoms with van der Waals surface area (Å²) in [4.78, 5) is 10.7. The quantitative estimate of drug-likeness (QED) is 0.668. The van der Waals surface area contributed by atoms with Gasteiger partial charge in [-0.1, -0.05) is 0 Å². The van der Waals surface area contributed by atoms with Gasteiger partial charge in [-0.2, -0.15) is 0 Å². The molecule has 0 aromatic heterocycles. The van der Waals surface area contributed by atoms with Crippen molar-refractivity contribution in [2.24, 2.45) is 0 Å². The summed E-state index contributed by atoms with van der Waals surface area (Å²) in [5.41, 5.74) is 0.504. The first-order valence-electron chi connectivity index (χ1n) is 4.77. The van der Waals surface area contributed by atoms with Crippen LogP contribution in [0.4, 0.5) is 18.9 Å². The normalized spacial score (nSPS) is 11.3. The molecule has 0 radical (unpaired) electrons. The summed E-state index contributed by atoms with van der Waals surface area (Å²) in [7, 11) is 1.23. The highest BCUT2D eigenvalue weighted by molar-refractivity contribution is 5.82. The number of hydrogen-bond acceptors (Lipinski definition) is 4. The fourth-order valence-electron chi connectivity index (χ4n) is 1.03. The average Bonchev–Trinajstić information content (AvgIpc) is 2.29. The van der Waals surface area contributed by atoms with Crippen molar-refractivity contribution in [3.05, 3.63) is 36.5 Å². The van der Waals surface area contributed by atoms with Gasteiger partial charge in [0.15, 0.2) is 0 Å². The molecule has 0 fully saturated rings. The van der Waals surface area contributed by atoms with Crippen LogP contribution in [0.3, 0.4) is 0 Å². The summed E-state index contributed by atoms with van der Waals surface area (Å²) >= 11 is 0. The van der Waals surface area contributed by atoms with Gasteiger partial charge in [-0.25, -0.2) is 4.79 Å². The minimum Gasteiger partial charge on any atom is -0.466 e. The Labute approximate surface area is 101 Å². The zero-order valence-corrected chi connectivity index (χ0v) is 9.32. The third-order valence-electron chi connectivity index (χ3n) is 1.76. The largest absolute Gasteiger partial charge is 0.573 e. The van der Waals surface area contributed by atoms with E-state index < -0.39 is 12.3 Å². The number of anilines is 1. The number of ether oxygens (including phenoxy) is 2. The molecule has 0 aliphatic heterocycles. The predicted octanol–water partition coefficient (Wildman–Crippen LogP) is 2.68. The topological polar surface area (TPSA) is 47.6 Å². The van der Waals surface area contributed by atoms with E-state index in [0.717, 1.165) is 18.2 Å². The maximum Gasteiger partial charge on any atom is 0.573 e. The Bertz CT molecular complexity index is 426. The third kappa shape index (κ3) is 5.24. The van der Waals surface area contributed by atoms with E-state index in [1.165, 1.54) is 25.4 Å². The molecule has 1 rings (SSSR count). The Morgan fingerprint density at radius 3 is 2.39 bits per heavy atom. The van der Waals surface area contributed by atoms with Crippen molar-refractivity contribution in [1.29, 1.82) is 0 Å². The Morgan fingerprint density at radius 1 is 1.28 bits per heavy atom. The van der Waals surface area contributed by atoms with Crippen molar-refractivity contribution in [3.63, 3.8) is 0 Å². The number of methoxy groups -OCH3 is 1. The lowest BCUT2D eigenvalue weighted by Gasteiger charge is -2.09. The minimum absolute atomic E-state index is 0.315. The first-order valence-corrected chi connectivity index (χ1v) is 4.77. The number of hydrogen-bond donors (Lipinski definition) is 1. The fraction of sp³-hybridized carbons (Fsp3) is 0.182. The van der Waals surface area contributed by atoms with Crippen LogP contribution in [0.5, 0.6) is 5.75 Å². The summed E-state index contributed by atoms with van der Waals surface area (Å²) in [6.45, 7) is 0. The van der Waals surface area contributed by atoms with Crippen molar-refractivity contribution in [3.8, 4) is 5.75 Å². The molecular weight excluding hydrogens is 251 g/mol. The number of nitrogens with one attached hydrogen (secondary N) is 1. The molecular formula is C11H10F3NO3. The molecule has 0 amide bonds. The third-order valence-corrected chi connectivity index (χ3v) is 1.76. The van der Waals surface area contributed by atoms with Gasteiger partial charge in [-0.3, -0.25) is 0 Å². The maximum atomic E-state index is 11.9. The van der Waals surface area contributed by atoms with E-state index in [0.29, 0.717) is 5.69 Å². The lowest BCUT2D eigenvalue weighted by Crippen LogP contribution is -2.16. The molecule has 0 unspecified atom stereocenters. The second kappa shape index (κ2) is 5.95. The SMILES string of the molecule is COC(=O)/C=C/Nc1ccc(OC(F)(F)F)cc1. The van der Waals surface area contributed by atoms with Crippen molar-refractivity contribution < 1.29 is 27.4 Å². The van der Waals surface area contributed by atoms with E-state index in [4.69, 9.17) is 0 Å². The summed E-state index contributed by atoms with van der Waals surface area (Å²) in [6.07, 6.45) is -2.26. The second-order valence-corrected chi connectivity index (χ2v) is 3.07. The van der Waals surface area contributed by atoms with Crippen LogP contribution >= 0.6 is 0 Å². The number of carbonyl (C=O) groups excluding carboxylic acids is 1. The standard InChI is InChI=1S/C11H10F3NO3/c1-17-10(16)6-7-15-8-2-4-9(5-3-8)18-11(12,13)14/h2-7,15H,1H3/b7-6+.